The summed E-state index contributed by atoms with van der Waals surface area (Å²) < 4.78 is 5.57. The van der Waals surface area contributed by atoms with Crippen LogP contribution in [0.2, 0.25) is 0 Å². The monoisotopic (exact) mass is 252 g/mol. The molecule has 0 saturated carbocycles. The Morgan fingerprint density at radius 1 is 1.33 bits per heavy atom. The molecule has 1 rings (SSSR count). The van der Waals surface area contributed by atoms with Crippen LogP contribution in [0.3, 0.4) is 0 Å². The number of ether oxygens (including phenoxy) is 1. The second-order valence-electron chi connectivity index (χ2n) is 4.72. The minimum absolute atomic E-state index is 0.119. The zero-order valence-corrected chi connectivity index (χ0v) is 11.1. The molecule has 1 aromatic rings. The predicted molar refractivity (Wildman–Crippen MR) is 70.5 cm³/mol. The standard InChI is InChI=1S/C13H20N2O3/c1-4-18-13(2,3)10-14-9-11-5-7-12(8-6-11)15(16)17/h5-8,14H,4,9-10H2,1-3H3. The van der Waals surface area contributed by atoms with Crippen LogP contribution in [0.25, 0.3) is 0 Å². The molecule has 0 amide bonds. The van der Waals surface area contributed by atoms with E-state index >= 15 is 0 Å². The van der Waals surface area contributed by atoms with E-state index in [1.54, 1.807) is 12.1 Å². The lowest BCUT2D eigenvalue weighted by molar-refractivity contribution is -0.384. The fourth-order valence-electron chi connectivity index (χ4n) is 1.69. The number of benzene rings is 1. The zero-order valence-electron chi connectivity index (χ0n) is 11.1. The van der Waals surface area contributed by atoms with Gasteiger partial charge in [0.15, 0.2) is 0 Å². The first-order valence-corrected chi connectivity index (χ1v) is 6.02. The van der Waals surface area contributed by atoms with Crippen molar-refractivity contribution < 1.29 is 9.66 Å². The summed E-state index contributed by atoms with van der Waals surface area (Å²) in [6, 6.07) is 6.56. The van der Waals surface area contributed by atoms with Gasteiger partial charge in [-0.3, -0.25) is 10.1 Å². The maximum Gasteiger partial charge on any atom is 0.269 e. The highest BCUT2D eigenvalue weighted by atomic mass is 16.6. The molecule has 0 bridgehead atoms. The van der Waals surface area contributed by atoms with Gasteiger partial charge in [-0.15, -0.1) is 0 Å². The first-order chi connectivity index (χ1) is 8.44. The second-order valence-corrected chi connectivity index (χ2v) is 4.72. The molecular weight excluding hydrogens is 232 g/mol. The summed E-state index contributed by atoms with van der Waals surface area (Å²) in [4.78, 5) is 10.1. The van der Waals surface area contributed by atoms with Crippen molar-refractivity contribution in [1.29, 1.82) is 0 Å². The average molecular weight is 252 g/mol. The quantitative estimate of drug-likeness (QED) is 0.598. The van der Waals surface area contributed by atoms with E-state index < -0.39 is 4.92 Å². The number of nitrogens with one attached hydrogen (secondary N) is 1. The van der Waals surface area contributed by atoms with Crippen LogP contribution in [0.5, 0.6) is 0 Å². The maximum atomic E-state index is 10.5. The molecule has 0 unspecified atom stereocenters. The van der Waals surface area contributed by atoms with E-state index in [0.717, 1.165) is 12.1 Å². The Kier molecular flexibility index (Phi) is 5.25. The number of nitro groups is 1. The molecule has 1 aromatic carbocycles. The minimum atomic E-state index is -0.393. The molecule has 0 fully saturated rings. The number of hydrogen-bond donors (Lipinski definition) is 1. The Hall–Kier alpha value is -1.46. The molecule has 0 atom stereocenters. The summed E-state index contributed by atoms with van der Waals surface area (Å²) in [5, 5.41) is 13.8. The van der Waals surface area contributed by atoms with Gasteiger partial charge in [-0.1, -0.05) is 12.1 Å². The topological polar surface area (TPSA) is 64.4 Å². The van der Waals surface area contributed by atoms with Crippen molar-refractivity contribution in [3.05, 3.63) is 39.9 Å². The van der Waals surface area contributed by atoms with Gasteiger partial charge in [0.05, 0.1) is 10.5 Å². The average Bonchev–Trinajstić information content (AvgIpc) is 2.29. The van der Waals surface area contributed by atoms with Crippen LogP contribution in [-0.4, -0.2) is 23.7 Å². The minimum Gasteiger partial charge on any atom is -0.375 e. The SMILES string of the molecule is CCOC(C)(C)CNCc1ccc([N+](=O)[O-])cc1. The van der Waals surface area contributed by atoms with Crippen LogP contribution < -0.4 is 5.32 Å². The third-order valence-corrected chi connectivity index (χ3v) is 2.56. The third kappa shape index (κ3) is 4.81. The van der Waals surface area contributed by atoms with Crippen molar-refractivity contribution in [3.8, 4) is 0 Å². The molecule has 0 aromatic heterocycles. The third-order valence-electron chi connectivity index (χ3n) is 2.56. The fraction of sp³-hybridized carbons (Fsp3) is 0.538. The summed E-state index contributed by atoms with van der Waals surface area (Å²) in [7, 11) is 0. The number of rotatable bonds is 7. The molecule has 0 spiro atoms. The number of non-ortho nitro benzene ring substituents is 1. The molecule has 18 heavy (non-hydrogen) atoms. The second kappa shape index (κ2) is 6.47. The van der Waals surface area contributed by atoms with Gasteiger partial charge in [0, 0.05) is 31.8 Å². The summed E-state index contributed by atoms with van der Waals surface area (Å²) in [5.74, 6) is 0. The molecule has 0 aliphatic carbocycles. The lowest BCUT2D eigenvalue weighted by Gasteiger charge is -2.25. The van der Waals surface area contributed by atoms with E-state index in [9.17, 15) is 10.1 Å². The normalized spacial score (nSPS) is 11.5. The Balaban J connectivity index is 2.42. The molecule has 1 N–H and O–H groups in total. The molecule has 0 aliphatic heterocycles. The van der Waals surface area contributed by atoms with Crippen molar-refractivity contribution in [3.63, 3.8) is 0 Å². The van der Waals surface area contributed by atoms with E-state index in [1.807, 2.05) is 20.8 Å². The van der Waals surface area contributed by atoms with Gasteiger partial charge < -0.3 is 10.1 Å². The van der Waals surface area contributed by atoms with E-state index in [4.69, 9.17) is 4.74 Å². The predicted octanol–water partition coefficient (Wildman–Crippen LogP) is 2.50. The van der Waals surface area contributed by atoms with Crippen molar-refractivity contribution in [1.82, 2.24) is 5.32 Å². The number of hydrogen-bond acceptors (Lipinski definition) is 4. The fourth-order valence-corrected chi connectivity index (χ4v) is 1.69. The zero-order chi connectivity index (χ0) is 13.6. The Labute approximate surface area is 107 Å². The Bertz CT molecular complexity index is 388. The molecule has 0 saturated heterocycles. The van der Waals surface area contributed by atoms with Crippen molar-refractivity contribution >= 4 is 5.69 Å². The lowest BCUT2D eigenvalue weighted by atomic mass is 10.1. The molecular formula is C13H20N2O3. The highest BCUT2D eigenvalue weighted by Crippen LogP contribution is 2.12. The van der Waals surface area contributed by atoms with E-state index in [0.29, 0.717) is 13.2 Å². The summed E-state index contributed by atoms with van der Waals surface area (Å²) in [6.07, 6.45) is 0. The largest absolute Gasteiger partial charge is 0.375 e. The highest BCUT2D eigenvalue weighted by molar-refractivity contribution is 5.32. The van der Waals surface area contributed by atoms with Crippen LogP contribution in [0, 0.1) is 10.1 Å². The van der Waals surface area contributed by atoms with Crippen molar-refractivity contribution in [2.45, 2.75) is 32.9 Å². The number of nitro benzene ring substituents is 1. The molecule has 0 heterocycles. The van der Waals surface area contributed by atoms with Gasteiger partial charge in [0.25, 0.3) is 5.69 Å². The number of nitrogens with zero attached hydrogens (tertiary/aromatic N) is 1. The van der Waals surface area contributed by atoms with Crippen LogP contribution in [0.4, 0.5) is 5.69 Å². The van der Waals surface area contributed by atoms with Crippen LogP contribution >= 0.6 is 0 Å². The molecule has 5 heteroatoms. The van der Waals surface area contributed by atoms with E-state index in [-0.39, 0.29) is 11.3 Å². The summed E-state index contributed by atoms with van der Waals surface area (Å²) in [6.45, 7) is 8.12. The Morgan fingerprint density at radius 2 is 1.94 bits per heavy atom. The molecule has 5 nitrogen and oxygen atoms in total. The first-order valence-electron chi connectivity index (χ1n) is 6.02. The van der Waals surface area contributed by atoms with Gasteiger partial charge in [-0.2, -0.15) is 0 Å². The van der Waals surface area contributed by atoms with Crippen LogP contribution in [0.15, 0.2) is 24.3 Å². The smallest absolute Gasteiger partial charge is 0.269 e. The first kappa shape index (κ1) is 14.6. The van der Waals surface area contributed by atoms with Crippen LogP contribution in [-0.2, 0) is 11.3 Å². The maximum absolute atomic E-state index is 10.5. The van der Waals surface area contributed by atoms with Gasteiger partial charge in [-0.25, -0.2) is 0 Å². The highest BCUT2D eigenvalue weighted by Gasteiger charge is 2.16. The van der Waals surface area contributed by atoms with E-state index in [1.165, 1.54) is 12.1 Å². The lowest BCUT2D eigenvalue weighted by Crippen LogP contribution is -2.37. The van der Waals surface area contributed by atoms with Gasteiger partial charge >= 0.3 is 0 Å². The molecule has 100 valence electrons. The molecule has 0 aliphatic rings. The summed E-state index contributed by atoms with van der Waals surface area (Å²) in [5.41, 5.74) is 0.941. The van der Waals surface area contributed by atoms with Crippen molar-refractivity contribution in [2.24, 2.45) is 0 Å². The van der Waals surface area contributed by atoms with E-state index in [2.05, 4.69) is 5.32 Å². The van der Waals surface area contributed by atoms with Gasteiger partial charge in [0.2, 0.25) is 0 Å². The van der Waals surface area contributed by atoms with Crippen molar-refractivity contribution in [2.75, 3.05) is 13.2 Å². The molecule has 0 radical (unpaired) electrons. The van der Waals surface area contributed by atoms with Gasteiger partial charge in [0.1, 0.15) is 0 Å². The van der Waals surface area contributed by atoms with Crippen LogP contribution in [0.1, 0.15) is 26.3 Å². The Morgan fingerprint density at radius 3 is 2.44 bits per heavy atom. The summed E-state index contributed by atoms with van der Waals surface area (Å²) >= 11 is 0. The van der Waals surface area contributed by atoms with Gasteiger partial charge in [-0.05, 0) is 26.3 Å².